The highest BCUT2D eigenvalue weighted by Crippen LogP contribution is 2.42. The summed E-state index contributed by atoms with van der Waals surface area (Å²) in [4.78, 5) is 0. The first kappa shape index (κ1) is 11.0. The van der Waals surface area contributed by atoms with Crippen LogP contribution < -0.4 is 0 Å². The molecule has 1 aliphatic heterocycles. The van der Waals surface area contributed by atoms with Crippen LogP contribution in [0.1, 0.15) is 40.5 Å². The number of hydrogen-bond donors (Lipinski definition) is 1. The molecule has 1 heterocycles. The summed E-state index contributed by atoms with van der Waals surface area (Å²) >= 11 is 0. The van der Waals surface area contributed by atoms with E-state index in [1.54, 1.807) is 0 Å². The van der Waals surface area contributed by atoms with Crippen molar-refractivity contribution >= 4 is 0 Å². The highest BCUT2D eigenvalue weighted by atomic mass is 16.3. The van der Waals surface area contributed by atoms with Gasteiger partial charge in [-0.15, -0.1) is 0 Å². The maximum absolute atomic E-state index is 9.80. The number of nitrogens with zero attached hydrogens (tertiary/aromatic N) is 1. The summed E-state index contributed by atoms with van der Waals surface area (Å²) in [5.74, 6) is 0. The number of likely N-dealkylation sites (tertiary alicyclic amines) is 1. The van der Waals surface area contributed by atoms with E-state index in [9.17, 15) is 5.11 Å². The molecule has 1 saturated heterocycles. The molecule has 0 unspecified atom stereocenters. The fourth-order valence-electron chi connectivity index (χ4n) is 2.50. The van der Waals surface area contributed by atoms with Crippen LogP contribution in [0, 0.1) is 0 Å². The first-order valence-electron chi connectivity index (χ1n) is 5.12. The average molecular weight is 186 g/mol. The fourth-order valence-corrected chi connectivity index (χ4v) is 2.50. The minimum atomic E-state index is -0.129. The molecule has 1 N–H and O–H groups in total. The van der Waals surface area contributed by atoms with Gasteiger partial charge < -0.3 is 9.59 Å². The second-order valence-corrected chi connectivity index (χ2v) is 6.14. The molecule has 0 aliphatic carbocycles. The number of aliphatic hydroxyl groups is 1. The molecule has 2 heteroatoms. The van der Waals surface area contributed by atoms with Crippen molar-refractivity contribution < 1.29 is 9.59 Å². The lowest BCUT2D eigenvalue weighted by Crippen LogP contribution is -2.71. The molecule has 1 aliphatic rings. The lowest BCUT2D eigenvalue weighted by atomic mass is 9.76. The molecule has 2 nitrogen and oxygen atoms in total. The van der Waals surface area contributed by atoms with E-state index in [4.69, 9.17) is 0 Å². The van der Waals surface area contributed by atoms with E-state index in [2.05, 4.69) is 41.8 Å². The summed E-state index contributed by atoms with van der Waals surface area (Å²) in [5, 5.41) is 9.80. The largest absolute Gasteiger partial charge is 0.393 e. The molecule has 0 amide bonds. The molecule has 0 saturated carbocycles. The first-order chi connectivity index (χ1) is 5.60. The van der Waals surface area contributed by atoms with E-state index in [1.807, 2.05) is 0 Å². The average Bonchev–Trinajstić information content (AvgIpc) is 1.80. The zero-order chi connectivity index (χ0) is 10.5. The van der Waals surface area contributed by atoms with Crippen LogP contribution in [0.5, 0.6) is 0 Å². The molecule has 0 aromatic carbocycles. The quantitative estimate of drug-likeness (QED) is 0.572. The van der Waals surface area contributed by atoms with Gasteiger partial charge in [0.2, 0.25) is 0 Å². The number of hydrogen-bond acceptors (Lipinski definition) is 1. The third-order valence-electron chi connectivity index (χ3n) is 4.50. The molecule has 0 aromatic heterocycles. The van der Waals surface area contributed by atoms with Crippen LogP contribution in [0.15, 0.2) is 0 Å². The third-order valence-corrected chi connectivity index (χ3v) is 4.50. The summed E-state index contributed by atoms with van der Waals surface area (Å²) in [6, 6.07) is 0. The van der Waals surface area contributed by atoms with Gasteiger partial charge in [-0.25, -0.2) is 0 Å². The molecule has 0 radical (unpaired) electrons. The van der Waals surface area contributed by atoms with E-state index in [0.717, 1.165) is 17.3 Å². The minimum absolute atomic E-state index is 0.129. The van der Waals surface area contributed by atoms with Gasteiger partial charge in [-0.05, 0) is 27.7 Å². The van der Waals surface area contributed by atoms with Crippen molar-refractivity contribution in [3.63, 3.8) is 0 Å². The smallest absolute Gasteiger partial charge is 0.0960 e. The Bertz CT molecular complexity index is 186. The van der Waals surface area contributed by atoms with Crippen LogP contribution in [0.25, 0.3) is 0 Å². The van der Waals surface area contributed by atoms with E-state index in [0.29, 0.717) is 0 Å². The number of rotatable bonds is 0. The van der Waals surface area contributed by atoms with Crippen LogP contribution in [0.3, 0.4) is 0 Å². The van der Waals surface area contributed by atoms with Gasteiger partial charge in [-0.2, -0.15) is 0 Å². The van der Waals surface area contributed by atoms with Crippen LogP contribution in [-0.2, 0) is 0 Å². The summed E-state index contributed by atoms with van der Waals surface area (Å²) in [6.07, 6.45) is 1.68. The molecule has 0 bridgehead atoms. The number of piperidine rings is 1. The van der Waals surface area contributed by atoms with Gasteiger partial charge in [0.1, 0.15) is 0 Å². The standard InChI is InChI=1S/C11H24NO/c1-10(2)7-9(13)8-11(3,4)12(10,5)6/h9,13H,7-8H2,1-6H3/q+1. The molecule has 1 fully saturated rings. The fraction of sp³-hybridized carbons (Fsp3) is 1.00. The van der Waals surface area contributed by atoms with E-state index in [1.165, 1.54) is 0 Å². The molecule has 1 rings (SSSR count). The van der Waals surface area contributed by atoms with Crippen LogP contribution in [0.4, 0.5) is 0 Å². The van der Waals surface area contributed by atoms with Gasteiger partial charge in [-0.3, -0.25) is 0 Å². The maximum atomic E-state index is 9.80. The van der Waals surface area contributed by atoms with Crippen molar-refractivity contribution in [3.8, 4) is 0 Å². The molecule has 13 heavy (non-hydrogen) atoms. The first-order valence-corrected chi connectivity index (χ1v) is 5.12. The Morgan fingerprint density at radius 1 is 1.00 bits per heavy atom. The molecule has 78 valence electrons. The van der Waals surface area contributed by atoms with E-state index in [-0.39, 0.29) is 17.2 Å². The maximum Gasteiger partial charge on any atom is 0.0960 e. The molecular weight excluding hydrogens is 162 g/mol. The van der Waals surface area contributed by atoms with Crippen molar-refractivity contribution in [2.24, 2.45) is 0 Å². The number of aliphatic hydroxyl groups excluding tert-OH is 1. The lowest BCUT2D eigenvalue weighted by molar-refractivity contribution is -0.988. The molecule has 0 atom stereocenters. The second-order valence-electron chi connectivity index (χ2n) is 6.14. The molecular formula is C11H24NO+. The topological polar surface area (TPSA) is 20.2 Å². The Labute approximate surface area is 82.1 Å². The van der Waals surface area contributed by atoms with Crippen molar-refractivity contribution in [1.29, 1.82) is 0 Å². The van der Waals surface area contributed by atoms with Crippen molar-refractivity contribution in [2.75, 3.05) is 14.1 Å². The normalized spacial score (nSPS) is 31.6. The van der Waals surface area contributed by atoms with Gasteiger partial charge in [0.15, 0.2) is 0 Å². The van der Waals surface area contributed by atoms with E-state index >= 15 is 0 Å². The third kappa shape index (κ3) is 1.50. The second kappa shape index (κ2) is 2.71. The lowest BCUT2D eigenvalue weighted by Gasteiger charge is -2.59. The highest BCUT2D eigenvalue weighted by molar-refractivity contribution is 4.88. The van der Waals surface area contributed by atoms with Gasteiger partial charge in [0.25, 0.3) is 0 Å². The van der Waals surface area contributed by atoms with Gasteiger partial charge in [-0.1, -0.05) is 0 Å². The van der Waals surface area contributed by atoms with Gasteiger partial charge in [0, 0.05) is 12.8 Å². The Kier molecular flexibility index (Phi) is 2.29. The van der Waals surface area contributed by atoms with Crippen molar-refractivity contribution in [3.05, 3.63) is 0 Å². The zero-order valence-corrected chi connectivity index (χ0v) is 9.89. The van der Waals surface area contributed by atoms with Crippen molar-refractivity contribution in [1.82, 2.24) is 0 Å². The van der Waals surface area contributed by atoms with E-state index < -0.39 is 0 Å². The Hall–Kier alpha value is -0.0800. The molecule has 0 spiro atoms. The summed E-state index contributed by atoms with van der Waals surface area (Å²) in [7, 11) is 4.54. The van der Waals surface area contributed by atoms with Crippen LogP contribution >= 0.6 is 0 Å². The van der Waals surface area contributed by atoms with Crippen molar-refractivity contribution in [2.45, 2.75) is 57.7 Å². The number of quaternary nitrogens is 1. The van der Waals surface area contributed by atoms with Gasteiger partial charge >= 0.3 is 0 Å². The highest BCUT2D eigenvalue weighted by Gasteiger charge is 2.53. The minimum Gasteiger partial charge on any atom is -0.393 e. The summed E-state index contributed by atoms with van der Waals surface area (Å²) < 4.78 is 0.983. The Morgan fingerprint density at radius 3 is 1.62 bits per heavy atom. The predicted molar refractivity (Wildman–Crippen MR) is 55.5 cm³/mol. The summed E-state index contributed by atoms with van der Waals surface area (Å²) in [6.45, 7) is 8.99. The van der Waals surface area contributed by atoms with Crippen LogP contribution in [-0.4, -0.2) is 40.9 Å². The summed E-state index contributed by atoms with van der Waals surface area (Å²) in [5.41, 5.74) is 0.336. The van der Waals surface area contributed by atoms with Crippen LogP contribution in [0.2, 0.25) is 0 Å². The zero-order valence-electron chi connectivity index (χ0n) is 9.89. The van der Waals surface area contributed by atoms with Gasteiger partial charge in [0.05, 0.1) is 31.3 Å². The monoisotopic (exact) mass is 186 g/mol. The Balaban J connectivity index is 3.03. The predicted octanol–water partition coefficient (Wildman–Crippen LogP) is 1.77. The Morgan fingerprint density at radius 2 is 1.31 bits per heavy atom. The molecule has 0 aromatic rings. The SMILES string of the molecule is CC1(C)CC(O)CC(C)(C)[N+]1(C)C.